The molecule has 0 aromatic heterocycles. The first-order valence-electron chi connectivity index (χ1n) is 6.88. The number of likely N-dealkylation sites (tertiary alicyclic amines) is 1. The summed E-state index contributed by atoms with van der Waals surface area (Å²) in [7, 11) is 2.99. The van der Waals surface area contributed by atoms with Crippen molar-refractivity contribution >= 4 is 0 Å². The molecule has 1 saturated heterocycles. The topological polar surface area (TPSA) is 21.7 Å². The molecule has 0 unspecified atom stereocenters. The van der Waals surface area contributed by atoms with Crippen molar-refractivity contribution in [3.63, 3.8) is 0 Å². The van der Waals surface area contributed by atoms with Crippen LogP contribution in [-0.4, -0.2) is 38.8 Å². The van der Waals surface area contributed by atoms with Gasteiger partial charge in [0, 0.05) is 0 Å². The molecule has 0 saturated carbocycles. The van der Waals surface area contributed by atoms with E-state index in [4.69, 9.17) is 9.47 Å². The average molecular weight is 267 g/mol. The van der Waals surface area contributed by atoms with Crippen LogP contribution in [0.2, 0.25) is 0 Å². The number of nitrogens with zero attached hydrogens (tertiary/aromatic N) is 1. The summed E-state index contributed by atoms with van der Waals surface area (Å²) < 4.78 is 24.4. The van der Waals surface area contributed by atoms with E-state index >= 15 is 0 Å². The summed E-state index contributed by atoms with van der Waals surface area (Å²) in [5.74, 6) is 0.368. The Bertz CT molecular complexity index is 417. The summed E-state index contributed by atoms with van der Waals surface area (Å²) in [6, 6.07) is 3.56. The number of rotatable bonds is 6. The lowest BCUT2D eigenvalue weighted by molar-refractivity contribution is 0.328. The number of hydrogen-bond donors (Lipinski definition) is 0. The number of halogens is 1. The third-order valence-electron chi connectivity index (χ3n) is 3.68. The van der Waals surface area contributed by atoms with Crippen molar-refractivity contribution in [2.24, 2.45) is 0 Å². The van der Waals surface area contributed by atoms with E-state index in [-0.39, 0.29) is 11.6 Å². The van der Waals surface area contributed by atoms with Crippen molar-refractivity contribution in [2.75, 3.05) is 33.9 Å². The van der Waals surface area contributed by atoms with E-state index in [1.54, 1.807) is 12.1 Å². The van der Waals surface area contributed by atoms with E-state index in [9.17, 15) is 4.39 Å². The van der Waals surface area contributed by atoms with Crippen molar-refractivity contribution in [3.05, 3.63) is 23.5 Å². The molecule has 1 aliphatic rings. The molecule has 1 aliphatic heterocycles. The fraction of sp³-hybridized carbons (Fsp3) is 0.600. The summed E-state index contributed by atoms with van der Waals surface area (Å²) >= 11 is 0. The van der Waals surface area contributed by atoms with Gasteiger partial charge in [-0.25, -0.2) is 4.39 Å². The van der Waals surface area contributed by atoms with Crippen LogP contribution in [0.1, 0.15) is 24.8 Å². The van der Waals surface area contributed by atoms with Crippen LogP contribution >= 0.6 is 0 Å². The van der Waals surface area contributed by atoms with Gasteiger partial charge in [0.15, 0.2) is 17.3 Å². The Morgan fingerprint density at radius 3 is 2.53 bits per heavy atom. The molecule has 2 rings (SSSR count). The highest BCUT2D eigenvalue weighted by molar-refractivity contribution is 5.44. The lowest BCUT2D eigenvalue weighted by Gasteiger charge is -2.15. The molecule has 106 valence electrons. The predicted molar refractivity (Wildman–Crippen MR) is 73.5 cm³/mol. The number of aryl methyl sites for hydroxylation is 1. The van der Waals surface area contributed by atoms with Crippen LogP contribution < -0.4 is 9.47 Å². The predicted octanol–water partition coefficient (Wildman–Crippen LogP) is 2.87. The van der Waals surface area contributed by atoms with E-state index in [0.717, 1.165) is 19.4 Å². The van der Waals surface area contributed by atoms with Gasteiger partial charge in [0.1, 0.15) is 0 Å². The van der Waals surface area contributed by atoms with E-state index in [2.05, 4.69) is 4.90 Å². The zero-order chi connectivity index (χ0) is 13.7. The first-order valence-corrected chi connectivity index (χ1v) is 6.88. The van der Waals surface area contributed by atoms with Crippen molar-refractivity contribution in [1.29, 1.82) is 0 Å². The van der Waals surface area contributed by atoms with Gasteiger partial charge in [-0.05, 0) is 56.9 Å². The average Bonchev–Trinajstić information content (AvgIpc) is 2.93. The van der Waals surface area contributed by atoms with Gasteiger partial charge in [-0.3, -0.25) is 0 Å². The van der Waals surface area contributed by atoms with Crippen molar-refractivity contribution < 1.29 is 13.9 Å². The highest BCUT2D eigenvalue weighted by Gasteiger charge is 2.15. The highest BCUT2D eigenvalue weighted by atomic mass is 19.1. The molecule has 0 atom stereocenters. The zero-order valence-electron chi connectivity index (χ0n) is 11.7. The molecule has 19 heavy (non-hydrogen) atoms. The van der Waals surface area contributed by atoms with Gasteiger partial charge in [-0.2, -0.15) is 0 Å². The molecule has 1 aromatic carbocycles. The van der Waals surface area contributed by atoms with Gasteiger partial charge in [-0.15, -0.1) is 0 Å². The second-order valence-corrected chi connectivity index (χ2v) is 4.93. The van der Waals surface area contributed by atoms with Crippen LogP contribution in [0, 0.1) is 5.82 Å². The molecule has 1 aromatic rings. The molecule has 1 fully saturated rings. The first kappa shape index (κ1) is 14.1. The van der Waals surface area contributed by atoms with Gasteiger partial charge >= 0.3 is 0 Å². The fourth-order valence-corrected chi connectivity index (χ4v) is 2.62. The van der Waals surface area contributed by atoms with Crippen molar-refractivity contribution in [3.8, 4) is 11.5 Å². The van der Waals surface area contributed by atoms with Gasteiger partial charge in [0.2, 0.25) is 0 Å². The maximum atomic E-state index is 14.2. The number of methoxy groups -OCH3 is 2. The standard InChI is InChI=1S/C15H22FNO2/c1-18-13-8-7-12(14(16)15(13)19-2)6-5-11-17-9-3-4-10-17/h7-8H,3-6,9-11H2,1-2H3. The Hall–Kier alpha value is -1.29. The Morgan fingerprint density at radius 2 is 1.89 bits per heavy atom. The van der Waals surface area contributed by atoms with E-state index < -0.39 is 0 Å². The Labute approximate surface area is 114 Å². The van der Waals surface area contributed by atoms with E-state index in [1.807, 2.05) is 0 Å². The molecule has 0 aliphatic carbocycles. The normalized spacial score (nSPS) is 15.7. The van der Waals surface area contributed by atoms with Gasteiger partial charge in [-0.1, -0.05) is 6.07 Å². The monoisotopic (exact) mass is 267 g/mol. The van der Waals surface area contributed by atoms with Gasteiger partial charge < -0.3 is 14.4 Å². The second-order valence-electron chi connectivity index (χ2n) is 4.93. The third-order valence-corrected chi connectivity index (χ3v) is 3.68. The Balaban J connectivity index is 1.95. The third kappa shape index (κ3) is 3.38. The molecule has 0 bridgehead atoms. The summed E-state index contributed by atoms with van der Waals surface area (Å²) in [5, 5.41) is 0. The largest absolute Gasteiger partial charge is 0.493 e. The molecule has 3 nitrogen and oxygen atoms in total. The number of benzene rings is 1. The quantitative estimate of drug-likeness (QED) is 0.791. The SMILES string of the molecule is COc1ccc(CCCN2CCCC2)c(F)c1OC. The minimum atomic E-state index is -0.289. The summed E-state index contributed by atoms with van der Waals surface area (Å²) in [4.78, 5) is 2.44. The number of hydrogen-bond acceptors (Lipinski definition) is 3. The van der Waals surface area contributed by atoms with Crippen LogP contribution in [0.4, 0.5) is 4.39 Å². The maximum absolute atomic E-state index is 14.2. The van der Waals surface area contributed by atoms with E-state index in [1.165, 1.54) is 40.2 Å². The smallest absolute Gasteiger partial charge is 0.197 e. The fourth-order valence-electron chi connectivity index (χ4n) is 2.62. The van der Waals surface area contributed by atoms with Gasteiger partial charge in [0.05, 0.1) is 14.2 Å². The summed E-state index contributed by atoms with van der Waals surface area (Å²) in [5.41, 5.74) is 0.705. The van der Waals surface area contributed by atoms with Gasteiger partial charge in [0.25, 0.3) is 0 Å². The maximum Gasteiger partial charge on any atom is 0.197 e. The molecular weight excluding hydrogens is 245 g/mol. The molecule has 4 heteroatoms. The molecule has 1 heterocycles. The van der Waals surface area contributed by atoms with Crippen LogP contribution in [0.3, 0.4) is 0 Å². The van der Waals surface area contributed by atoms with Crippen LogP contribution in [-0.2, 0) is 6.42 Å². The first-order chi connectivity index (χ1) is 9.26. The second kappa shape index (κ2) is 6.75. The zero-order valence-corrected chi connectivity index (χ0v) is 11.7. The summed E-state index contributed by atoms with van der Waals surface area (Å²) in [6.07, 6.45) is 4.31. The molecule has 0 N–H and O–H groups in total. The lowest BCUT2D eigenvalue weighted by atomic mass is 10.1. The lowest BCUT2D eigenvalue weighted by Crippen LogP contribution is -2.20. The van der Waals surface area contributed by atoms with Crippen LogP contribution in [0.25, 0.3) is 0 Å². The molecular formula is C15H22FNO2. The molecule has 0 amide bonds. The molecule has 0 radical (unpaired) electrons. The van der Waals surface area contributed by atoms with Crippen molar-refractivity contribution in [1.82, 2.24) is 4.90 Å². The summed E-state index contributed by atoms with van der Waals surface area (Å²) in [6.45, 7) is 3.43. The minimum Gasteiger partial charge on any atom is -0.493 e. The van der Waals surface area contributed by atoms with Crippen LogP contribution in [0.15, 0.2) is 12.1 Å². The Morgan fingerprint density at radius 1 is 1.16 bits per heavy atom. The molecule has 0 spiro atoms. The highest BCUT2D eigenvalue weighted by Crippen LogP contribution is 2.32. The van der Waals surface area contributed by atoms with E-state index in [0.29, 0.717) is 11.3 Å². The number of ether oxygens (including phenoxy) is 2. The van der Waals surface area contributed by atoms with Crippen molar-refractivity contribution in [2.45, 2.75) is 25.7 Å². The van der Waals surface area contributed by atoms with Crippen LogP contribution in [0.5, 0.6) is 11.5 Å². The Kier molecular flexibility index (Phi) is 5.02. The minimum absolute atomic E-state index is 0.209.